The monoisotopic (exact) mass is 363 g/mol. The van der Waals surface area contributed by atoms with Crippen molar-refractivity contribution in [3.8, 4) is 0 Å². The van der Waals surface area contributed by atoms with E-state index in [1.165, 1.54) is 6.33 Å². The Morgan fingerprint density at radius 1 is 1.23 bits per heavy atom. The highest BCUT2D eigenvalue weighted by Gasteiger charge is 2.42. The van der Waals surface area contributed by atoms with Crippen molar-refractivity contribution >= 4 is 11.8 Å². The number of amides is 2. The molecule has 0 aromatic carbocycles. The Kier molecular flexibility index (Phi) is 6.24. The minimum atomic E-state index is 0.0309. The summed E-state index contributed by atoms with van der Waals surface area (Å²) in [5, 5.41) is 13.1. The molecule has 1 spiro atoms. The molecule has 1 atom stereocenters. The van der Waals surface area contributed by atoms with Crippen LogP contribution in [0.1, 0.15) is 44.9 Å². The van der Waals surface area contributed by atoms with Crippen LogP contribution in [-0.4, -0.2) is 74.3 Å². The van der Waals surface area contributed by atoms with Gasteiger partial charge in [-0.3, -0.25) is 14.3 Å². The third kappa shape index (κ3) is 4.60. The average Bonchev–Trinajstić information content (AvgIpc) is 3.16. The molecule has 0 radical (unpaired) electrons. The summed E-state index contributed by atoms with van der Waals surface area (Å²) in [5.74, 6) is 0.378. The summed E-state index contributed by atoms with van der Waals surface area (Å²) >= 11 is 0. The molecule has 0 saturated carbocycles. The number of carbonyl (C=O) groups is 2. The van der Waals surface area contributed by atoms with Crippen LogP contribution in [0.3, 0.4) is 0 Å². The van der Waals surface area contributed by atoms with Gasteiger partial charge in [0.15, 0.2) is 0 Å². The number of likely N-dealkylation sites (tertiary alicyclic amines) is 2. The Bertz CT molecular complexity index is 606. The van der Waals surface area contributed by atoms with Crippen molar-refractivity contribution in [1.29, 1.82) is 0 Å². The number of aliphatic hydroxyl groups is 1. The van der Waals surface area contributed by atoms with Gasteiger partial charge in [-0.25, -0.2) is 4.98 Å². The molecule has 2 aliphatic rings. The van der Waals surface area contributed by atoms with E-state index in [-0.39, 0.29) is 23.8 Å². The molecule has 3 rings (SSSR count). The van der Waals surface area contributed by atoms with E-state index >= 15 is 0 Å². The largest absolute Gasteiger partial charge is 0.396 e. The number of hydrogen-bond donors (Lipinski definition) is 1. The van der Waals surface area contributed by atoms with Gasteiger partial charge in [-0.05, 0) is 32.1 Å². The van der Waals surface area contributed by atoms with Crippen molar-refractivity contribution < 1.29 is 14.7 Å². The van der Waals surface area contributed by atoms with E-state index in [9.17, 15) is 9.59 Å². The van der Waals surface area contributed by atoms with Gasteiger partial charge in [0, 0.05) is 57.6 Å². The lowest BCUT2D eigenvalue weighted by Crippen LogP contribution is -2.55. The summed E-state index contributed by atoms with van der Waals surface area (Å²) in [7, 11) is 0. The fraction of sp³-hybridized carbons (Fsp3) is 0.778. The molecule has 8 heteroatoms. The second-order valence-electron chi connectivity index (χ2n) is 7.57. The highest BCUT2D eigenvalue weighted by atomic mass is 16.3. The predicted molar refractivity (Wildman–Crippen MR) is 95.0 cm³/mol. The van der Waals surface area contributed by atoms with E-state index in [0.29, 0.717) is 38.9 Å². The second kappa shape index (κ2) is 8.62. The molecular weight excluding hydrogens is 334 g/mol. The summed E-state index contributed by atoms with van der Waals surface area (Å²) < 4.78 is 1.75. The van der Waals surface area contributed by atoms with Gasteiger partial charge in [0.05, 0.1) is 0 Å². The maximum Gasteiger partial charge on any atom is 0.222 e. The Balaban J connectivity index is 1.52. The van der Waals surface area contributed by atoms with Gasteiger partial charge < -0.3 is 14.9 Å². The lowest BCUT2D eigenvalue weighted by Gasteiger charge is -2.48. The highest BCUT2D eigenvalue weighted by Crippen LogP contribution is 2.39. The second-order valence-corrected chi connectivity index (χ2v) is 7.57. The molecule has 1 aromatic heterocycles. The molecule has 8 nitrogen and oxygen atoms in total. The first-order valence-electron chi connectivity index (χ1n) is 9.61. The van der Waals surface area contributed by atoms with Crippen LogP contribution >= 0.6 is 0 Å². The SMILES string of the molecule is O=C(CCCn1cncn1)N1CCCC2(CCC(=O)N(CCCO)C2)C1. The molecule has 2 fully saturated rings. The van der Waals surface area contributed by atoms with Gasteiger partial charge in [0.25, 0.3) is 0 Å². The summed E-state index contributed by atoms with van der Waals surface area (Å²) in [4.78, 5) is 32.6. The third-order valence-corrected chi connectivity index (χ3v) is 5.59. The summed E-state index contributed by atoms with van der Waals surface area (Å²) in [6.45, 7) is 3.70. The van der Waals surface area contributed by atoms with Gasteiger partial charge in [-0.15, -0.1) is 0 Å². The summed E-state index contributed by atoms with van der Waals surface area (Å²) in [6.07, 6.45) is 8.55. The molecule has 1 N–H and O–H groups in total. The predicted octanol–water partition coefficient (Wildman–Crippen LogP) is 0.672. The van der Waals surface area contributed by atoms with Crippen molar-refractivity contribution in [3.05, 3.63) is 12.7 Å². The van der Waals surface area contributed by atoms with Crippen LogP contribution in [-0.2, 0) is 16.1 Å². The highest BCUT2D eigenvalue weighted by molar-refractivity contribution is 5.78. The number of aryl methyl sites for hydroxylation is 1. The zero-order valence-electron chi connectivity index (χ0n) is 15.3. The summed E-state index contributed by atoms with van der Waals surface area (Å²) in [6, 6.07) is 0. The molecular formula is C18H29N5O3. The van der Waals surface area contributed by atoms with Crippen LogP contribution in [0.2, 0.25) is 0 Å². The summed E-state index contributed by atoms with van der Waals surface area (Å²) in [5.41, 5.74) is 0.0309. The van der Waals surface area contributed by atoms with E-state index in [1.807, 2.05) is 9.80 Å². The topological polar surface area (TPSA) is 91.6 Å². The Hall–Kier alpha value is -1.96. The van der Waals surface area contributed by atoms with Crippen LogP contribution < -0.4 is 0 Å². The van der Waals surface area contributed by atoms with E-state index in [2.05, 4.69) is 10.1 Å². The molecule has 2 aliphatic heterocycles. The zero-order chi connectivity index (χ0) is 18.4. The molecule has 26 heavy (non-hydrogen) atoms. The number of aliphatic hydroxyl groups excluding tert-OH is 1. The van der Waals surface area contributed by atoms with Crippen molar-refractivity contribution in [3.63, 3.8) is 0 Å². The van der Waals surface area contributed by atoms with Crippen LogP contribution in [0.4, 0.5) is 0 Å². The number of rotatable bonds is 7. The fourth-order valence-electron chi connectivity index (χ4n) is 4.22. The van der Waals surface area contributed by atoms with Crippen molar-refractivity contribution in [2.75, 3.05) is 32.8 Å². The first kappa shape index (κ1) is 18.8. The van der Waals surface area contributed by atoms with Crippen molar-refractivity contribution in [2.45, 2.75) is 51.5 Å². The van der Waals surface area contributed by atoms with Gasteiger partial charge in [0.1, 0.15) is 12.7 Å². The number of carbonyl (C=O) groups excluding carboxylic acids is 2. The maximum absolute atomic E-state index is 12.6. The smallest absolute Gasteiger partial charge is 0.222 e. The minimum Gasteiger partial charge on any atom is -0.396 e. The molecule has 0 aliphatic carbocycles. The van der Waals surface area contributed by atoms with Crippen LogP contribution in [0, 0.1) is 5.41 Å². The van der Waals surface area contributed by atoms with Crippen molar-refractivity contribution in [2.24, 2.45) is 5.41 Å². The van der Waals surface area contributed by atoms with Gasteiger partial charge in [-0.1, -0.05) is 0 Å². The first-order valence-corrected chi connectivity index (χ1v) is 9.61. The lowest BCUT2D eigenvalue weighted by molar-refractivity contribution is -0.143. The fourth-order valence-corrected chi connectivity index (χ4v) is 4.22. The van der Waals surface area contributed by atoms with Gasteiger partial charge in [0.2, 0.25) is 11.8 Å². The van der Waals surface area contributed by atoms with Crippen LogP contribution in [0.25, 0.3) is 0 Å². The minimum absolute atomic E-state index is 0.0309. The number of hydrogen-bond acceptors (Lipinski definition) is 5. The first-order chi connectivity index (χ1) is 12.6. The molecule has 2 amide bonds. The zero-order valence-corrected chi connectivity index (χ0v) is 15.3. The number of nitrogens with zero attached hydrogens (tertiary/aromatic N) is 5. The number of piperidine rings is 2. The molecule has 0 bridgehead atoms. The quantitative estimate of drug-likeness (QED) is 0.769. The Morgan fingerprint density at radius 2 is 2.12 bits per heavy atom. The third-order valence-electron chi connectivity index (χ3n) is 5.59. The lowest BCUT2D eigenvalue weighted by atomic mass is 9.73. The Morgan fingerprint density at radius 3 is 2.88 bits per heavy atom. The molecule has 144 valence electrons. The normalized spacial score (nSPS) is 23.7. The average molecular weight is 363 g/mol. The van der Waals surface area contributed by atoms with E-state index < -0.39 is 0 Å². The van der Waals surface area contributed by atoms with E-state index in [4.69, 9.17) is 5.11 Å². The molecule has 1 unspecified atom stereocenters. The Labute approximate surface area is 154 Å². The maximum atomic E-state index is 12.6. The van der Waals surface area contributed by atoms with Gasteiger partial charge >= 0.3 is 0 Å². The van der Waals surface area contributed by atoms with E-state index in [0.717, 1.165) is 38.8 Å². The van der Waals surface area contributed by atoms with E-state index in [1.54, 1.807) is 11.0 Å². The standard InChI is InChI=1S/C18H29N5O3/c24-11-3-9-22-13-18(7-5-17(22)26)6-2-8-21(12-18)16(25)4-1-10-23-15-19-14-20-23/h14-15,24H,1-13H2. The van der Waals surface area contributed by atoms with Gasteiger partial charge in [-0.2, -0.15) is 5.10 Å². The molecule has 2 saturated heterocycles. The van der Waals surface area contributed by atoms with Crippen LogP contribution in [0.5, 0.6) is 0 Å². The van der Waals surface area contributed by atoms with Crippen molar-refractivity contribution in [1.82, 2.24) is 24.6 Å². The molecule has 3 heterocycles. The van der Waals surface area contributed by atoms with Crippen LogP contribution in [0.15, 0.2) is 12.7 Å². The number of aromatic nitrogens is 3. The molecule has 1 aromatic rings.